The number of ether oxygens (including phenoxy) is 1. The van der Waals surface area contributed by atoms with Crippen molar-refractivity contribution in [1.82, 2.24) is 4.90 Å². The van der Waals surface area contributed by atoms with Gasteiger partial charge in [0.1, 0.15) is 12.1 Å². The molecule has 134 valence electrons. The number of quaternary nitrogens is 1. The number of benzene rings is 1. The number of likely N-dealkylation sites (N-methyl/N-ethyl adjacent to an activating group) is 1. The SMILES string of the molecule is CCc1ccc2c(C[NH+](C)CC(=O)N3CCOCC3)cc(=O)oc2c1. The highest BCUT2D eigenvalue weighted by Crippen LogP contribution is 2.18. The van der Waals surface area contributed by atoms with Gasteiger partial charge in [-0.25, -0.2) is 4.79 Å². The van der Waals surface area contributed by atoms with E-state index >= 15 is 0 Å². The molecule has 2 heterocycles. The Morgan fingerprint density at radius 1 is 1.24 bits per heavy atom. The molecule has 3 rings (SSSR count). The van der Waals surface area contributed by atoms with Gasteiger partial charge < -0.3 is 19.0 Å². The van der Waals surface area contributed by atoms with E-state index in [1.807, 2.05) is 24.1 Å². The van der Waals surface area contributed by atoms with Crippen LogP contribution < -0.4 is 10.5 Å². The predicted octanol–water partition coefficient (Wildman–Crippen LogP) is 0.229. The molecule has 1 fully saturated rings. The molecule has 1 aromatic carbocycles. The van der Waals surface area contributed by atoms with Crippen LogP contribution in [0.2, 0.25) is 0 Å². The molecule has 0 bridgehead atoms. The number of fused-ring (bicyclic) bond motifs is 1. The Balaban J connectivity index is 1.75. The predicted molar refractivity (Wildman–Crippen MR) is 94.7 cm³/mol. The maximum atomic E-state index is 12.4. The van der Waals surface area contributed by atoms with E-state index in [0.717, 1.165) is 27.8 Å². The van der Waals surface area contributed by atoms with Gasteiger partial charge in [0, 0.05) is 30.1 Å². The van der Waals surface area contributed by atoms with Crippen molar-refractivity contribution in [2.75, 3.05) is 39.9 Å². The van der Waals surface area contributed by atoms with Crippen LogP contribution in [0.25, 0.3) is 11.0 Å². The molecule has 1 aromatic heterocycles. The van der Waals surface area contributed by atoms with Crippen molar-refractivity contribution in [2.45, 2.75) is 19.9 Å². The molecule has 1 aliphatic heterocycles. The van der Waals surface area contributed by atoms with E-state index in [9.17, 15) is 9.59 Å². The van der Waals surface area contributed by atoms with Crippen LogP contribution >= 0.6 is 0 Å². The Kier molecular flexibility index (Phi) is 5.50. The lowest BCUT2D eigenvalue weighted by molar-refractivity contribution is -0.885. The Morgan fingerprint density at radius 3 is 2.72 bits per heavy atom. The van der Waals surface area contributed by atoms with Gasteiger partial charge in [-0.15, -0.1) is 0 Å². The molecule has 2 aromatic rings. The minimum Gasteiger partial charge on any atom is -0.423 e. The van der Waals surface area contributed by atoms with Crippen molar-refractivity contribution in [3.8, 4) is 0 Å². The van der Waals surface area contributed by atoms with Crippen LogP contribution in [-0.4, -0.2) is 50.7 Å². The first-order valence-corrected chi connectivity index (χ1v) is 8.79. The van der Waals surface area contributed by atoms with Crippen LogP contribution in [0.3, 0.4) is 0 Å². The Bertz CT molecular complexity index is 809. The lowest BCUT2D eigenvalue weighted by Crippen LogP contribution is -3.09. The largest absolute Gasteiger partial charge is 0.423 e. The summed E-state index contributed by atoms with van der Waals surface area (Å²) in [6.07, 6.45) is 0.892. The maximum absolute atomic E-state index is 12.4. The van der Waals surface area contributed by atoms with Gasteiger partial charge in [0.2, 0.25) is 0 Å². The van der Waals surface area contributed by atoms with E-state index in [1.165, 1.54) is 6.07 Å². The third-order valence-electron chi connectivity index (χ3n) is 4.61. The van der Waals surface area contributed by atoms with Crippen molar-refractivity contribution in [3.63, 3.8) is 0 Å². The average molecular weight is 345 g/mol. The zero-order chi connectivity index (χ0) is 17.8. The van der Waals surface area contributed by atoms with Crippen molar-refractivity contribution < 1.29 is 18.8 Å². The van der Waals surface area contributed by atoms with E-state index in [1.54, 1.807) is 0 Å². The smallest absolute Gasteiger partial charge is 0.336 e. The summed E-state index contributed by atoms with van der Waals surface area (Å²) < 4.78 is 10.6. The zero-order valence-corrected chi connectivity index (χ0v) is 14.8. The van der Waals surface area contributed by atoms with Gasteiger partial charge >= 0.3 is 5.63 Å². The second-order valence-corrected chi connectivity index (χ2v) is 6.58. The molecule has 6 nitrogen and oxygen atoms in total. The molecule has 1 unspecified atom stereocenters. The second kappa shape index (κ2) is 7.80. The van der Waals surface area contributed by atoms with Crippen LogP contribution in [0, 0.1) is 0 Å². The zero-order valence-electron chi connectivity index (χ0n) is 14.8. The highest BCUT2D eigenvalue weighted by Gasteiger charge is 2.21. The molecule has 25 heavy (non-hydrogen) atoms. The number of hydrogen-bond acceptors (Lipinski definition) is 4. The molecule has 1 N–H and O–H groups in total. The van der Waals surface area contributed by atoms with E-state index in [2.05, 4.69) is 13.0 Å². The first-order chi connectivity index (χ1) is 12.1. The van der Waals surface area contributed by atoms with Crippen LogP contribution in [0.1, 0.15) is 18.1 Å². The number of morpholine rings is 1. The highest BCUT2D eigenvalue weighted by molar-refractivity contribution is 5.81. The maximum Gasteiger partial charge on any atom is 0.336 e. The molecular weight excluding hydrogens is 320 g/mol. The molecule has 6 heteroatoms. The number of amides is 1. The molecule has 0 saturated carbocycles. The molecule has 0 radical (unpaired) electrons. The van der Waals surface area contributed by atoms with E-state index in [-0.39, 0.29) is 11.5 Å². The number of carbonyl (C=O) groups is 1. The number of carbonyl (C=O) groups excluding carboxylic acids is 1. The lowest BCUT2D eigenvalue weighted by atomic mass is 10.1. The molecule has 1 aliphatic rings. The average Bonchev–Trinajstić information content (AvgIpc) is 2.61. The summed E-state index contributed by atoms with van der Waals surface area (Å²) in [7, 11) is 1.97. The summed E-state index contributed by atoms with van der Waals surface area (Å²) in [5.74, 6) is 0.126. The standard InChI is InChI=1S/C19H24N2O4/c1-3-14-4-5-16-15(11-19(23)25-17(16)10-14)12-20(2)13-18(22)21-6-8-24-9-7-21/h4-5,10-11H,3,6-9,12-13H2,1-2H3/p+1. The summed E-state index contributed by atoms with van der Waals surface area (Å²) in [6.45, 7) is 5.59. The van der Waals surface area contributed by atoms with Gasteiger partial charge in [0.25, 0.3) is 5.91 Å². The van der Waals surface area contributed by atoms with Crippen molar-refractivity contribution in [3.05, 3.63) is 45.8 Å². The van der Waals surface area contributed by atoms with Gasteiger partial charge in [-0.2, -0.15) is 0 Å². The van der Waals surface area contributed by atoms with Crippen LogP contribution in [-0.2, 0) is 22.5 Å². The summed E-state index contributed by atoms with van der Waals surface area (Å²) in [5, 5.41) is 0.940. The summed E-state index contributed by atoms with van der Waals surface area (Å²) in [5.41, 5.74) is 2.33. The van der Waals surface area contributed by atoms with Crippen molar-refractivity contribution >= 4 is 16.9 Å². The van der Waals surface area contributed by atoms with Crippen molar-refractivity contribution in [1.29, 1.82) is 0 Å². The van der Waals surface area contributed by atoms with E-state index in [0.29, 0.717) is 45.0 Å². The third-order valence-corrected chi connectivity index (χ3v) is 4.61. The molecule has 0 aliphatic carbocycles. The number of nitrogens with zero attached hydrogens (tertiary/aromatic N) is 1. The van der Waals surface area contributed by atoms with Gasteiger partial charge in [0.05, 0.1) is 20.3 Å². The fourth-order valence-corrected chi connectivity index (χ4v) is 3.21. The Labute approximate surface area is 147 Å². The number of nitrogens with one attached hydrogen (secondary N) is 1. The molecule has 0 spiro atoms. The lowest BCUT2D eigenvalue weighted by Gasteiger charge is -2.27. The molecular formula is C19H25N2O4+. The highest BCUT2D eigenvalue weighted by atomic mass is 16.5. The number of hydrogen-bond donors (Lipinski definition) is 1. The van der Waals surface area contributed by atoms with Crippen LogP contribution in [0.4, 0.5) is 0 Å². The van der Waals surface area contributed by atoms with Crippen molar-refractivity contribution in [2.24, 2.45) is 0 Å². The fraction of sp³-hybridized carbons (Fsp3) is 0.474. The number of aryl methyl sites for hydroxylation is 1. The number of rotatable bonds is 5. The molecule has 1 saturated heterocycles. The summed E-state index contributed by atoms with van der Waals surface area (Å²) >= 11 is 0. The quantitative estimate of drug-likeness (QED) is 0.788. The Hall–Kier alpha value is -2.18. The van der Waals surface area contributed by atoms with Gasteiger partial charge in [-0.3, -0.25) is 4.79 Å². The monoisotopic (exact) mass is 345 g/mol. The second-order valence-electron chi connectivity index (χ2n) is 6.58. The summed E-state index contributed by atoms with van der Waals surface area (Å²) in [6, 6.07) is 7.52. The van der Waals surface area contributed by atoms with Gasteiger partial charge in [-0.1, -0.05) is 19.1 Å². The van der Waals surface area contributed by atoms with E-state index < -0.39 is 0 Å². The molecule has 1 amide bonds. The normalized spacial score (nSPS) is 16.2. The van der Waals surface area contributed by atoms with Gasteiger partial charge in [0.15, 0.2) is 6.54 Å². The Morgan fingerprint density at radius 2 is 2.00 bits per heavy atom. The summed E-state index contributed by atoms with van der Waals surface area (Å²) in [4.78, 5) is 27.2. The topological polar surface area (TPSA) is 64.2 Å². The van der Waals surface area contributed by atoms with Gasteiger partial charge in [-0.05, 0) is 18.1 Å². The van der Waals surface area contributed by atoms with E-state index in [4.69, 9.17) is 9.15 Å². The van der Waals surface area contributed by atoms with Crippen LogP contribution in [0.15, 0.2) is 33.5 Å². The first kappa shape index (κ1) is 17.6. The third kappa shape index (κ3) is 4.27. The first-order valence-electron chi connectivity index (χ1n) is 8.79. The minimum atomic E-state index is -0.344. The fourth-order valence-electron chi connectivity index (χ4n) is 3.21. The minimum absolute atomic E-state index is 0.126. The molecule has 1 atom stereocenters. The van der Waals surface area contributed by atoms with Crippen LogP contribution in [0.5, 0.6) is 0 Å².